The maximum Gasteiger partial charge on any atom is 0.0703 e. The minimum atomic E-state index is 0.965. The van der Waals surface area contributed by atoms with Crippen LogP contribution in [0.25, 0.3) is 0 Å². The molecule has 0 aromatic heterocycles. The largest absolute Gasteiger partial charge is 0.252 e. The second kappa shape index (κ2) is 51.4. The smallest absolute Gasteiger partial charge is 0.0703 e. The molecule has 0 radical (unpaired) electrons. The third-order valence-electron chi connectivity index (χ3n) is 16.1. The summed E-state index contributed by atoms with van der Waals surface area (Å²) in [6.45, 7) is 20.9. The van der Waals surface area contributed by atoms with E-state index in [1.165, 1.54) is 222 Å². The van der Waals surface area contributed by atoms with Gasteiger partial charge < -0.3 is 0 Å². The van der Waals surface area contributed by atoms with Crippen molar-refractivity contribution in [3.63, 3.8) is 0 Å². The quantitative estimate of drug-likeness (QED) is 0.0358. The molecule has 0 fully saturated rings. The first-order valence-corrected chi connectivity index (χ1v) is 34.6. The second-order valence-electron chi connectivity index (χ2n) is 23.6. The zero-order chi connectivity index (χ0) is 57.1. The lowest BCUT2D eigenvalue weighted by Gasteiger charge is -2.27. The minimum Gasteiger partial charge on any atom is -0.252 e. The van der Waals surface area contributed by atoms with Crippen LogP contribution in [0.15, 0.2) is 88.9 Å². The Balaban J connectivity index is 3.16. The molecule has 79 heavy (non-hydrogen) atoms. The molecule has 0 aliphatic rings. The number of benzene rings is 2. The van der Waals surface area contributed by atoms with Gasteiger partial charge in [0.1, 0.15) is 0 Å². The summed E-state index contributed by atoms with van der Waals surface area (Å²) in [6.07, 6.45) is 78.4. The van der Waals surface area contributed by atoms with Crippen molar-refractivity contribution in [2.45, 2.75) is 345 Å². The molecule has 2 nitrogen and oxygen atoms in total. The summed E-state index contributed by atoms with van der Waals surface area (Å²) in [7, 11) is 0. The molecule has 0 unspecified atom stereocenters. The van der Waals surface area contributed by atoms with Gasteiger partial charge in [-0.2, -0.15) is 0 Å². The van der Waals surface area contributed by atoms with Gasteiger partial charge in [0, 0.05) is 0 Å². The molecule has 0 aliphatic carbocycles. The van der Waals surface area contributed by atoms with E-state index in [4.69, 9.17) is 9.98 Å². The molecular formula is C77H128N2. The fraction of sp³-hybridized carbons (Fsp3) is 0.688. The third kappa shape index (κ3) is 34.5. The summed E-state index contributed by atoms with van der Waals surface area (Å²) >= 11 is 0. The molecule has 2 aromatic rings. The Morgan fingerprint density at radius 3 is 0.873 bits per heavy atom. The number of unbranched alkanes of at least 4 members (excludes halogenated alkanes) is 23. The predicted octanol–water partition coefficient (Wildman–Crippen LogP) is 25.7. The summed E-state index contributed by atoms with van der Waals surface area (Å²) in [5.74, 6) is 0. The fourth-order valence-electron chi connectivity index (χ4n) is 11.2. The maximum absolute atomic E-state index is 6.22. The summed E-state index contributed by atoms with van der Waals surface area (Å²) in [5, 5.41) is 0. The van der Waals surface area contributed by atoms with Gasteiger partial charge in [0.15, 0.2) is 0 Å². The Kier molecular flexibility index (Phi) is 46.5. The average Bonchev–Trinajstić information content (AvgIpc) is 3.47. The van der Waals surface area contributed by atoms with Gasteiger partial charge >= 0.3 is 0 Å². The van der Waals surface area contributed by atoms with Crippen molar-refractivity contribution in [2.24, 2.45) is 9.98 Å². The predicted molar refractivity (Wildman–Crippen MR) is 361 cm³/mol. The Hall–Kier alpha value is -3.52. The van der Waals surface area contributed by atoms with Crippen molar-refractivity contribution in [1.29, 1.82) is 0 Å². The monoisotopic (exact) mass is 1080 g/mol. The zero-order valence-electron chi connectivity index (χ0n) is 54.0. The van der Waals surface area contributed by atoms with Gasteiger partial charge in [0.25, 0.3) is 0 Å². The molecule has 0 N–H and O–H groups in total. The van der Waals surface area contributed by atoms with Gasteiger partial charge in [-0.3, -0.25) is 9.98 Å². The number of aliphatic imine (C=N–C) groups is 2. The highest BCUT2D eigenvalue weighted by Gasteiger charge is 2.24. The van der Waals surface area contributed by atoms with Crippen LogP contribution in [-0.4, -0.2) is 11.4 Å². The molecular weight excluding hydrogens is 953 g/mol. The minimum absolute atomic E-state index is 0.965. The van der Waals surface area contributed by atoms with Gasteiger partial charge in [-0.25, -0.2) is 0 Å². The van der Waals surface area contributed by atoms with Crippen LogP contribution in [0.5, 0.6) is 0 Å². The Bertz CT molecular complexity index is 1890. The molecule has 2 aromatic carbocycles. The number of hydrogen-bond acceptors (Lipinski definition) is 2. The highest BCUT2D eigenvalue weighted by molar-refractivity contribution is 6.42. The molecule has 446 valence electrons. The molecule has 2 heteroatoms. The van der Waals surface area contributed by atoms with Crippen molar-refractivity contribution in [3.8, 4) is 0 Å². The molecule has 0 aliphatic heterocycles. The van der Waals surface area contributed by atoms with Crippen LogP contribution in [0.4, 0.5) is 11.4 Å². The van der Waals surface area contributed by atoms with Crippen molar-refractivity contribution in [2.75, 3.05) is 0 Å². The van der Waals surface area contributed by atoms with E-state index in [1.807, 2.05) is 0 Å². The molecule has 2 rings (SSSR count). The van der Waals surface area contributed by atoms with Crippen LogP contribution in [0.2, 0.25) is 0 Å². The van der Waals surface area contributed by atoms with Gasteiger partial charge in [-0.05, 0) is 257 Å². The molecule has 0 atom stereocenters. The van der Waals surface area contributed by atoms with Gasteiger partial charge in [0.05, 0.1) is 22.8 Å². The third-order valence-corrected chi connectivity index (χ3v) is 16.1. The van der Waals surface area contributed by atoms with E-state index in [-0.39, 0.29) is 0 Å². The Labute approximate surface area is 493 Å². The van der Waals surface area contributed by atoms with E-state index in [1.54, 1.807) is 27.8 Å². The summed E-state index contributed by atoms with van der Waals surface area (Å²) in [5.41, 5.74) is 16.0. The van der Waals surface area contributed by atoms with Crippen LogP contribution in [0.3, 0.4) is 0 Å². The first-order valence-electron chi connectivity index (χ1n) is 34.6. The van der Waals surface area contributed by atoms with Crippen LogP contribution >= 0.6 is 0 Å². The maximum atomic E-state index is 6.22. The first-order chi connectivity index (χ1) is 38.9. The lowest BCUT2D eigenvalue weighted by Crippen LogP contribution is -2.14. The molecule has 0 bridgehead atoms. The zero-order valence-corrected chi connectivity index (χ0v) is 54.0. The van der Waals surface area contributed by atoms with E-state index in [2.05, 4.69) is 141 Å². The van der Waals surface area contributed by atoms with Crippen LogP contribution < -0.4 is 0 Å². The number of rotatable bonds is 52. The van der Waals surface area contributed by atoms with Crippen molar-refractivity contribution < 1.29 is 0 Å². The average molecular weight is 1080 g/mol. The number of hydrogen-bond donors (Lipinski definition) is 0. The number of allylic oxidation sites excluding steroid dienone is 10. The second-order valence-corrected chi connectivity index (χ2v) is 23.6. The summed E-state index contributed by atoms with van der Waals surface area (Å²) in [6, 6.07) is 7.27. The van der Waals surface area contributed by atoms with Gasteiger partial charge in [-0.15, -0.1) is 0 Å². The van der Waals surface area contributed by atoms with Crippen molar-refractivity contribution in [1.82, 2.24) is 0 Å². The van der Waals surface area contributed by atoms with E-state index in [9.17, 15) is 0 Å². The standard InChI is InChI=1S/C77H128N2/c1-10-18-26-31-36-41-46-51-58-71-72(59-52-47-42-37-32-27-19-11-2)74(61-54-49-44-39-34-29-21-13-4)77(75(62-55-50-45-40-35-30-22-14-5)73(71)60-53-48-43-38-33-28-20-12-3)79-76(63-25-17-8)67(9)78-70-65-68(56-23-15-6)64-69(66-70)57-24-16-7/h36-45,64-66H,10-35,46-63H2,1-9H3/b41-36+,42-37+,43-38+,44-39+,45-40+,78-67?,79-76?. The topological polar surface area (TPSA) is 24.7 Å². The highest BCUT2D eigenvalue weighted by atomic mass is 14.8. The lowest BCUT2D eigenvalue weighted by molar-refractivity contribution is 0.717. The highest BCUT2D eigenvalue weighted by Crippen LogP contribution is 2.40. The number of nitrogens with zero attached hydrogens (tertiary/aromatic N) is 2. The van der Waals surface area contributed by atoms with Gasteiger partial charge in [-0.1, -0.05) is 206 Å². The summed E-state index contributed by atoms with van der Waals surface area (Å²) in [4.78, 5) is 11.8. The van der Waals surface area contributed by atoms with Crippen LogP contribution in [-0.2, 0) is 44.9 Å². The lowest BCUT2D eigenvalue weighted by atomic mass is 9.80. The number of aryl methyl sites for hydroxylation is 2. The van der Waals surface area contributed by atoms with E-state index in [0.29, 0.717) is 0 Å². The van der Waals surface area contributed by atoms with Crippen LogP contribution in [0.1, 0.15) is 339 Å². The summed E-state index contributed by atoms with van der Waals surface area (Å²) < 4.78 is 0. The Morgan fingerprint density at radius 2 is 0.570 bits per heavy atom. The first kappa shape index (κ1) is 71.6. The molecule has 0 saturated carbocycles. The molecule has 0 heterocycles. The van der Waals surface area contributed by atoms with E-state index < -0.39 is 0 Å². The molecule has 0 saturated heterocycles. The normalized spacial score (nSPS) is 12.7. The van der Waals surface area contributed by atoms with E-state index in [0.717, 1.165) is 94.9 Å². The van der Waals surface area contributed by atoms with Gasteiger partial charge in [0.2, 0.25) is 0 Å². The SMILES string of the molecule is CCCCC/C=C/CCCc1c(CCC/C=C/CCCCC)c(CCC/C=C/CCCCC)c(N=C(CCCC)C(C)=Nc2cc(CCCC)cc(CCCC)c2)c(CCC/C=C/CCCCC)c1CCC/C=C/CCCCC. The molecule has 0 spiro atoms. The van der Waals surface area contributed by atoms with E-state index >= 15 is 0 Å². The van der Waals surface area contributed by atoms with Crippen LogP contribution in [0, 0.1) is 0 Å². The fourth-order valence-corrected chi connectivity index (χ4v) is 11.2. The molecule has 0 amide bonds. The van der Waals surface area contributed by atoms with Crippen molar-refractivity contribution >= 4 is 22.8 Å². The Morgan fingerprint density at radius 1 is 0.291 bits per heavy atom. The van der Waals surface area contributed by atoms with Crippen molar-refractivity contribution in [3.05, 3.63) is 118 Å².